The number of carbonyl (C=O) groups is 2. The highest BCUT2D eigenvalue weighted by Gasteiger charge is 2.19. The summed E-state index contributed by atoms with van der Waals surface area (Å²) in [5.74, 6) is -1.07. The van der Waals surface area contributed by atoms with Gasteiger partial charge in [-0.25, -0.2) is 9.59 Å². The molecule has 1 aromatic rings. The zero-order valence-corrected chi connectivity index (χ0v) is 18.5. The van der Waals surface area contributed by atoms with Crippen molar-refractivity contribution in [3.8, 4) is 0 Å². The molecular formula is C25H30N2O4. The molecule has 0 fully saturated rings. The fourth-order valence-corrected chi connectivity index (χ4v) is 2.78. The normalized spacial score (nSPS) is 16.3. The third-order valence-corrected chi connectivity index (χ3v) is 4.25. The second kappa shape index (κ2) is 11.1. The molecule has 6 nitrogen and oxygen atoms in total. The van der Waals surface area contributed by atoms with Gasteiger partial charge in [0.15, 0.2) is 0 Å². The number of carbonyl (C=O) groups excluding carboxylic acids is 1. The van der Waals surface area contributed by atoms with Crippen LogP contribution < -0.4 is 5.32 Å². The molecule has 1 aliphatic rings. The summed E-state index contributed by atoms with van der Waals surface area (Å²) in [6.07, 6.45) is 11.6. The molecule has 1 heterocycles. The Morgan fingerprint density at radius 1 is 1.10 bits per heavy atom. The molecule has 164 valence electrons. The van der Waals surface area contributed by atoms with E-state index in [-0.39, 0.29) is 5.57 Å². The van der Waals surface area contributed by atoms with E-state index in [1.165, 1.54) is 12.2 Å². The van der Waals surface area contributed by atoms with Crippen molar-refractivity contribution in [1.29, 1.82) is 0 Å². The molecule has 31 heavy (non-hydrogen) atoms. The molecule has 0 aliphatic carbocycles. The number of rotatable bonds is 5. The van der Waals surface area contributed by atoms with Crippen molar-refractivity contribution in [2.75, 3.05) is 0 Å². The molecule has 0 radical (unpaired) electrons. The first-order valence-corrected chi connectivity index (χ1v) is 10.4. The van der Waals surface area contributed by atoms with Crippen molar-refractivity contribution in [2.45, 2.75) is 52.6 Å². The van der Waals surface area contributed by atoms with Crippen LogP contribution in [-0.4, -0.2) is 28.5 Å². The van der Waals surface area contributed by atoms with Gasteiger partial charge in [-0.05, 0) is 57.9 Å². The SMILES string of the molecule is CCCCC1=Nc2ccccc2/C=C\C=C/C(C(=O)O)=CC=C1NC(=O)OC(C)(C)C. The Kier molecular flexibility index (Phi) is 8.55. The average Bonchev–Trinajstić information content (AvgIpc) is 2.67. The predicted molar refractivity (Wildman–Crippen MR) is 124 cm³/mol. The van der Waals surface area contributed by atoms with Gasteiger partial charge in [0, 0.05) is 5.56 Å². The van der Waals surface area contributed by atoms with Crippen molar-refractivity contribution >= 4 is 29.5 Å². The van der Waals surface area contributed by atoms with E-state index in [4.69, 9.17) is 9.73 Å². The number of amides is 1. The smallest absolute Gasteiger partial charge is 0.412 e. The Balaban J connectivity index is 2.62. The molecule has 0 unspecified atom stereocenters. The van der Waals surface area contributed by atoms with Crippen LogP contribution in [-0.2, 0) is 9.53 Å². The maximum absolute atomic E-state index is 12.5. The van der Waals surface area contributed by atoms with E-state index in [0.717, 1.165) is 24.1 Å². The molecule has 1 aliphatic heterocycles. The van der Waals surface area contributed by atoms with Crippen molar-refractivity contribution < 1.29 is 19.4 Å². The van der Waals surface area contributed by atoms with Gasteiger partial charge in [0.2, 0.25) is 0 Å². The third kappa shape index (κ3) is 8.09. The van der Waals surface area contributed by atoms with Crippen LogP contribution in [0.25, 0.3) is 6.08 Å². The van der Waals surface area contributed by atoms with E-state index in [2.05, 4.69) is 12.2 Å². The Morgan fingerprint density at radius 2 is 1.81 bits per heavy atom. The fraction of sp³-hybridized carbons (Fsp3) is 0.320. The van der Waals surface area contributed by atoms with Crippen LogP contribution in [0.5, 0.6) is 0 Å². The van der Waals surface area contributed by atoms with Gasteiger partial charge in [-0.3, -0.25) is 10.3 Å². The van der Waals surface area contributed by atoms with Gasteiger partial charge < -0.3 is 9.84 Å². The predicted octanol–water partition coefficient (Wildman–Crippen LogP) is 5.95. The minimum absolute atomic E-state index is 0.0804. The van der Waals surface area contributed by atoms with Crippen molar-refractivity contribution in [1.82, 2.24) is 5.32 Å². The van der Waals surface area contributed by atoms with Gasteiger partial charge >= 0.3 is 12.1 Å². The second-order valence-electron chi connectivity index (χ2n) is 8.07. The second-order valence-corrected chi connectivity index (χ2v) is 8.07. The lowest BCUT2D eigenvalue weighted by atomic mass is 10.1. The van der Waals surface area contributed by atoms with Crippen molar-refractivity contribution in [3.63, 3.8) is 0 Å². The summed E-state index contributed by atoms with van der Waals surface area (Å²) in [5.41, 5.74) is 2.13. The number of aliphatic carboxylic acids is 1. The van der Waals surface area contributed by atoms with Gasteiger partial charge in [0.1, 0.15) is 5.60 Å². The van der Waals surface area contributed by atoms with Crippen LogP contribution in [0.4, 0.5) is 10.5 Å². The lowest BCUT2D eigenvalue weighted by Gasteiger charge is -2.21. The number of unbranched alkanes of at least 4 members (excludes halogenated alkanes) is 1. The fourth-order valence-electron chi connectivity index (χ4n) is 2.78. The van der Waals surface area contributed by atoms with E-state index >= 15 is 0 Å². The summed E-state index contributed by atoms with van der Waals surface area (Å²) >= 11 is 0. The lowest BCUT2D eigenvalue weighted by Crippen LogP contribution is -2.34. The van der Waals surface area contributed by atoms with Crippen LogP contribution in [0.1, 0.15) is 52.5 Å². The molecule has 0 atom stereocenters. The molecule has 0 spiro atoms. The van der Waals surface area contributed by atoms with Gasteiger partial charge in [-0.15, -0.1) is 0 Å². The number of allylic oxidation sites excluding steroid dienone is 5. The summed E-state index contributed by atoms with van der Waals surface area (Å²) < 4.78 is 5.40. The first-order valence-electron chi connectivity index (χ1n) is 10.4. The number of carboxylic acid groups (broad SMARTS) is 1. The van der Waals surface area contributed by atoms with Gasteiger partial charge in [-0.1, -0.05) is 49.8 Å². The van der Waals surface area contributed by atoms with Crippen LogP contribution in [0.2, 0.25) is 0 Å². The number of para-hydroxylation sites is 1. The summed E-state index contributed by atoms with van der Waals surface area (Å²) in [4.78, 5) is 29.0. The quantitative estimate of drug-likeness (QED) is 0.613. The standard InChI is InChI=1S/C25H30N2O4/c1-5-6-14-21-22(27-24(30)31-25(2,3)4)17-16-19(23(28)29)13-8-7-11-18-12-9-10-15-20(18)26-21/h7-13,15-17H,5-6,14H2,1-4H3,(H,27,30)(H,28,29)/b8-7?,11-7-,13-8-,17-16?,18-11?,19-13?,19-16?,22-17?,22-21?,26-20?,26-21?. The number of hydrogen-bond donors (Lipinski definition) is 2. The van der Waals surface area contributed by atoms with E-state index in [0.29, 0.717) is 17.8 Å². The topological polar surface area (TPSA) is 88.0 Å². The number of carboxylic acids is 1. The molecule has 2 rings (SSSR count). The Bertz CT molecular complexity index is 960. The number of benzene rings is 1. The highest BCUT2D eigenvalue weighted by molar-refractivity contribution is 6.04. The molecule has 1 amide bonds. The van der Waals surface area contributed by atoms with E-state index in [9.17, 15) is 14.7 Å². The molecule has 1 aromatic carbocycles. The number of fused-ring (bicyclic) bond motifs is 1. The number of aliphatic imine (C=N–C) groups is 1. The van der Waals surface area contributed by atoms with Gasteiger partial charge in [0.05, 0.1) is 22.7 Å². The Labute approximate surface area is 183 Å². The maximum Gasteiger partial charge on any atom is 0.412 e. The molecule has 2 N–H and O–H groups in total. The van der Waals surface area contributed by atoms with E-state index < -0.39 is 17.7 Å². The Hall–Kier alpha value is -3.41. The molecule has 0 saturated heterocycles. The summed E-state index contributed by atoms with van der Waals surface area (Å²) in [6, 6.07) is 7.66. The van der Waals surface area contributed by atoms with Crippen LogP contribution >= 0.6 is 0 Å². The van der Waals surface area contributed by atoms with Crippen molar-refractivity contribution in [3.05, 3.63) is 71.5 Å². The summed E-state index contributed by atoms with van der Waals surface area (Å²) in [7, 11) is 0. The first-order chi connectivity index (χ1) is 14.7. The minimum atomic E-state index is -1.07. The van der Waals surface area contributed by atoms with E-state index in [1.807, 2.05) is 30.3 Å². The average molecular weight is 423 g/mol. The number of nitrogens with one attached hydrogen (secondary N) is 1. The zero-order valence-electron chi connectivity index (χ0n) is 18.5. The molecular weight excluding hydrogens is 392 g/mol. The van der Waals surface area contributed by atoms with Crippen LogP contribution in [0.3, 0.4) is 0 Å². The molecule has 6 heteroatoms. The first kappa shape index (κ1) is 23.9. The monoisotopic (exact) mass is 422 g/mol. The minimum Gasteiger partial charge on any atom is -0.478 e. The molecule has 0 aromatic heterocycles. The third-order valence-electron chi connectivity index (χ3n) is 4.25. The van der Waals surface area contributed by atoms with Crippen LogP contribution in [0.15, 0.2) is 70.9 Å². The highest BCUT2D eigenvalue weighted by atomic mass is 16.6. The van der Waals surface area contributed by atoms with Crippen LogP contribution in [0, 0.1) is 0 Å². The van der Waals surface area contributed by atoms with Crippen molar-refractivity contribution in [2.24, 2.45) is 4.99 Å². The zero-order chi connectivity index (χ0) is 22.9. The number of alkyl carbamates (subject to hydrolysis) is 1. The summed E-state index contributed by atoms with van der Waals surface area (Å²) in [6.45, 7) is 7.42. The maximum atomic E-state index is 12.5. The molecule has 0 bridgehead atoms. The summed E-state index contributed by atoms with van der Waals surface area (Å²) in [5, 5.41) is 12.3. The lowest BCUT2D eigenvalue weighted by molar-refractivity contribution is -0.132. The Morgan fingerprint density at radius 3 is 2.48 bits per heavy atom. The largest absolute Gasteiger partial charge is 0.478 e. The highest BCUT2D eigenvalue weighted by Crippen LogP contribution is 2.23. The number of nitrogens with zero attached hydrogens (tertiary/aromatic N) is 1. The molecule has 0 saturated carbocycles. The van der Waals surface area contributed by atoms with E-state index in [1.54, 1.807) is 39.0 Å². The van der Waals surface area contributed by atoms with Gasteiger partial charge in [-0.2, -0.15) is 0 Å². The number of ether oxygens (including phenoxy) is 1. The van der Waals surface area contributed by atoms with Gasteiger partial charge in [0.25, 0.3) is 0 Å². The number of hydrogen-bond acceptors (Lipinski definition) is 4.